The summed E-state index contributed by atoms with van der Waals surface area (Å²) in [4.78, 5) is 9.12. The molecule has 0 saturated heterocycles. The van der Waals surface area contributed by atoms with Crippen LogP contribution in [0, 0.1) is 11.8 Å². The first-order valence-electron chi connectivity index (χ1n) is 12.8. The number of hydrogen-bond acceptors (Lipinski definition) is 5. The number of ether oxygens (including phenoxy) is 1. The lowest BCUT2D eigenvalue weighted by molar-refractivity contribution is 0.193. The van der Waals surface area contributed by atoms with Crippen LogP contribution in [-0.4, -0.2) is 21.2 Å². The molecule has 2 heterocycles. The number of nitrogen functional groups attached to an aromatic ring is 1. The van der Waals surface area contributed by atoms with Gasteiger partial charge in [0.25, 0.3) is 0 Å². The van der Waals surface area contributed by atoms with Gasteiger partial charge in [0.05, 0.1) is 0 Å². The van der Waals surface area contributed by atoms with E-state index in [0.29, 0.717) is 11.7 Å². The number of rotatable bonds is 7. The summed E-state index contributed by atoms with van der Waals surface area (Å²) < 4.78 is 6.27. The Morgan fingerprint density at radius 2 is 1.68 bits per heavy atom. The van der Waals surface area contributed by atoms with Gasteiger partial charge in [0, 0.05) is 35.2 Å². The van der Waals surface area contributed by atoms with E-state index < -0.39 is 0 Å². The molecule has 178 valence electrons. The Morgan fingerprint density at radius 3 is 2.38 bits per heavy atom. The van der Waals surface area contributed by atoms with Gasteiger partial charge in [0.15, 0.2) is 0 Å². The van der Waals surface area contributed by atoms with Crippen LogP contribution in [0.2, 0.25) is 0 Å². The normalized spacial score (nSPS) is 20.6. The molecule has 2 fully saturated rings. The van der Waals surface area contributed by atoms with Gasteiger partial charge in [-0.05, 0) is 73.3 Å². The van der Waals surface area contributed by atoms with Gasteiger partial charge in [-0.2, -0.15) is 0 Å². The molecule has 3 N–H and O–H groups in total. The SMILES string of the molecule is CCc1c(-c2ccc(OC3CCC(CC4CCCC4)C3)nc2)cnc(N)c1-c1ccc(O)cc1. The van der Waals surface area contributed by atoms with E-state index in [9.17, 15) is 5.11 Å². The number of phenols is 1. The molecule has 2 unspecified atom stereocenters. The Kier molecular flexibility index (Phi) is 6.70. The highest BCUT2D eigenvalue weighted by atomic mass is 16.5. The second-order valence-corrected chi connectivity index (χ2v) is 10.0. The van der Waals surface area contributed by atoms with Crippen LogP contribution in [-0.2, 0) is 6.42 Å². The van der Waals surface area contributed by atoms with Crippen molar-refractivity contribution < 1.29 is 9.84 Å². The molecule has 2 atom stereocenters. The minimum absolute atomic E-state index is 0.233. The van der Waals surface area contributed by atoms with Crippen LogP contribution in [0.1, 0.15) is 63.9 Å². The van der Waals surface area contributed by atoms with Crippen LogP contribution in [0.5, 0.6) is 11.6 Å². The number of pyridine rings is 2. The molecule has 5 heteroatoms. The van der Waals surface area contributed by atoms with Gasteiger partial charge in [0.1, 0.15) is 17.7 Å². The summed E-state index contributed by atoms with van der Waals surface area (Å²) in [6.07, 6.45) is 15.5. The summed E-state index contributed by atoms with van der Waals surface area (Å²) >= 11 is 0. The third-order valence-corrected chi connectivity index (χ3v) is 7.69. The average molecular weight is 458 g/mol. The fourth-order valence-electron chi connectivity index (χ4n) is 5.98. The highest BCUT2D eigenvalue weighted by Crippen LogP contribution is 2.39. The maximum Gasteiger partial charge on any atom is 0.213 e. The zero-order chi connectivity index (χ0) is 23.5. The Bertz CT molecular complexity index is 1110. The van der Waals surface area contributed by atoms with E-state index >= 15 is 0 Å². The van der Waals surface area contributed by atoms with E-state index in [1.165, 1.54) is 38.5 Å². The second-order valence-electron chi connectivity index (χ2n) is 10.0. The minimum atomic E-state index is 0.233. The Balaban J connectivity index is 1.30. The monoisotopic (exact) mass is 457 g/mol. The molecule has 3 aromatic rings. The van der Waals surface area contributed by atoms with E-state index in [2.05, 4.69) is 23.0 Å². The van der Waals surface area contributed by atoms with Crippen molar-refractivity contribution in [3.8, 4) is 33.9 Å². The first-order chi connectivity index (χ1) is 16.6. The Labute approximate surface area is 202 Å². The van der Waals surface area contributed by atoms with Crippen molar-refractivity contribution in [1.29, 1.82) is 0 Å². The summed E-state index contributed by atoms with van der Waals surface area (Å²) in [5.74, 6) is 3.20. The fraction of sp³-hybridized carbons (Fsp3) is 0.448. The van der Waals surface area contributed by atoms with Gasteiger partial charge in [-0.25, -0.2) is 9.97 Å². The summed E-state index contributed by atoms with van der Waals surface area (Å²) in [5.41, 5.74) is 11.3. The van der Waals surface area contributed by atoms with Gasteiger partial charge in [-0.3, -0.25) is 0 Å². The predicted molar refractivity (Wildman–Crippen MR) is 137 cm³/mol. The lowest BCUT2D eigenvalue weighted by Crippen LogP contribution is -2.13. The number of aromatic nitrogens is 2. The molecular formula is C29H35N3O2. The smallest absolute Gasteiger partial charge is 0.213 e. The van der Waals surface area contributed by atoms with Crippen molar-refractivity contribution in [1.82, 2.24) is 9.97 Å². The molecule has 2 aliphatic carbocycles. The van der Waals surface area contributed by atoms with Gasteiger partial charge in [0.2, 0.25) is 5.88 Å². The van der Waals surface area contributed by atoms with E-state index in [-0.39, 0.29) is 11.9 Å². The average Bonchev–Trinajstić information content (AvgIpc) is 3.53. The van der Waals surface area contributed by atoms with E-state index in [1.807, 2.05) is 30.6 Å². The minimum Gasteiger partial charge on any atom is -0.508 e. The fourth-order valence-corrected chi connectivity index (χ4v) is 5.98. The van der Waals surface area contributed by atoms with E-state index in [1.54, 1.807) is 12.1 Å². The van der Waals surface area contributed by atoms with Crippen molar-refractivity contribution in [2.75, 3.05) is 5.73 Å². The number of hydrogen-bond donors (Lipinski definition) is 2. The number of phenolic OH excluding ortho intramolecular Hbond substituents is 1. The highest BCUT2D eigenvalue weighted by molar-refractivity contribution is 5.84. The lowest BCUT2D eigenvalue weighted by Gasteiger charge is -2.17. The number of benzene rings is 1. The van der Waals surface area contributed by atoms with E-state index in [4.69, 9.17) is 10.5 Å². The van der Waals surface area contributed by atoms with Crippen LogP contribution in [0.3, 0.4) is 0 Å². The third kappa shape index (κ3) is 4.89. The molecule has 5 nitrogen and oxygen atoms in total. The number of nitrogens with zero attached hydrogens (tertiary/aromatic N) is 2. The number of aromatic hydroxyl groups is 1. The topological polar surface area (TPSA) is 81.3 Å². The first-order valence-corrected chi connectivity index (χ1v) is 12.8. The van der Waals surface area contributed by atoms with Gasteiger partial charge in [-0.1, -0.05) is 44.7 Å². The molecule has 0 amide bonds. The third-order valence-electron chi connectivity index (χ3n) is 7.69. The molecular weight excluding hydrogens is 422 g/mol. The van der Waals surface area contributed by atoms with Crippen molar-refractivity contribution in [2.45, 2.75) is 70.8 Å². The summed E-state index contributed by atoms with van der Waals surface area (Å²) in [5, 5.41) is 9.67. The maximum absolute atomic E-state index is 9.67. The highest BCUT2D eigenvalue weighted by Gasteiger charge is 2.29. The maximum atomic E-state index is 9.67. The molecule has 2 aromatic heterocycles. The summed E-state index contributed by atoms with van der Waals surface area (Å²) in [6.45, 7) is 2.12. The second kappa shape index (κ2) is 10.0. The largest absolute Gasteiger partial charge is 0.508 e. The molecule has 5 rings (SSSR count). The zero-order valence-corrected chi connectivity index (χ0v) is 20.0. The lowest BCUT2D eigenvalue weighted by atomic mass is 9.92. The van der Waals surface area contributed by atoms with Crippen LogP contribution < -0.4 is 10.5 Å². The summed E-state index contributed by atoms with van der Waals surface area (Å²) in [7, 11) is 0. The van der Waals surface area contributed by atoms with E-state index in [0.717, 1.165) is 58.9 Å². The van der Waals surface area contributed by atoms with Gasteiger partial charge in [-0.15, -0.1) is 0 Å². The Morgan fingerprint density at radius 1 is 0.912 bits per heavy atom. The van der Waals surface area contributed by atoms with Crippen LogP contribution >= 0.6 is 0 Å². The van der Waals surface area contributed by atoms with Crippen molar-refractivity contribution in [3.63, 3.8) is 0 Å². The molecule has 0 spiro atoms. The zero-order valence-electron chi connectivity index (χ0n) is 20.0. The van der Waals surface area contributed by atoms with Crippen molar-refractivity contribution in [3.05, 3.63) is 54.4 Å². The van der Waals surface area contributed by atoms with Crippen LogP contribution in [0.15, 0.2) is 48.8 Å². The molecule has 0 aliphatic heterocycles. The molecule has 1 aromatic carbocycles. The molecule has 34 heavy (non-hydrogen) atoms. The summed E-state index contributed by atoms with van der Waals surface area (Å²) in [6, 6.07) is 11.2. The molecule has 2 aliphatic rings. The van der Waals surface area contributed by atoms with Crippen LogP contribution in [0.25, 0.3) is 22.3 Å². The van der Waals surface area contributed by atoms with Crippen LogP contribution in [0.4, 0.5) is 5.82 Å². The predicted octanol–water partition coefficient (Wildman–Crippen LogP) is 6.79. The Hall–Kier alpha value is -3.08. The quantitative estimate of drug-likeness (QED) is 0.408. The molecule has 0 bridgehead atoms. The number of nitrogens with two attached hydrogens (primary N) is 1. The number of anilines is 1. The standard InChI is InChI=1S/C29H35N3O2/c1-2-25-26(18-32-29(30)28(25)21-8-11-23(33)12-9-21)22-10-14-27(31-17-22)34-24-13-7-20(16-24)15-19-5-3-4-6-19/h8-12,14,17-20,24,33H,2-7,13,15-16H2,1H3,(H2,30,32). The van der Waals surface area contributed by atoms with Gasteiger partial charge < -0.3 is 15.6 Å². The van der Waals surface area contributed by atoms with Crippen molar-refractivity contribution >= 4 is 5.82 Å². The van der Waals surface area contributed by atoms with Gasteiger partial charge >= 0.3 is 0 Å². The van der Waals surface area contributed by atoms with Crippen molar-refractivity contribution in [2.24, 2.45) is 11.8 Å². The molecule has 0 radical (unpaired) electrons. The first kappa shape index (κ1) is 22.7. The molecule has 2 saturated carbocycles.